The number of anilines is 2. The first-order valence-electron chi connectivity index (χ1n) is 8.92. The number of aliphatic hydroxyl groups excluding tert-OH is 1. The molecule has 0 spiro atoms. The summed E-state index contributed by atoms with van der Waals surface area (Å²) in [4.78, 5) is 12.9. The van der Waals surface area contributed by atoms with Crippen LogP contribution >= 0.6 is 23.6 Å². The molecule has 0 amide bonds. The number of aliphatic hydroxyl groups is 1. The van der Waals surface area contributed by atoms with Gasteiger partial charge in [-0.05, 0) is 35.8 Å². The van der Waals surface area contributed by atoms with Gasteiger partial charge in [-0.3, -0.25) is 0 Å². The lowest BCUT2D eigenvalue weighted by molar-refractivity contribution is -0.928. The van der Waals surface area contributed by atoms with Gasteiger partial charge in [0.05, 0.1) is 7.11 Å². The first-order valence-corrected chi connectivity index (χ1v) is 10.1. The monoisotopic (exact) mass is 409 g/mol. The minimum absolute atomic E-state index is 0.313. The smallest absolute Gasteiger partial charge is 0.364 e. The summed E-state index contributed by atoms with van der Waals surface area (Å²) >= 11 is 6.81. The third-order valence-corrected chi connectivity index (χ3v) is 6.00. The molecule has 146 valence electrons. The fraction of sp³-hybridized carbons (Fsp3) is 0.500. The molecule has 0 bridgehead atoms. The summed E-state index contributed by atoms with van der Waals surface area (Å²) in [7, 11) is 1.37. The van der Waals surface area contributed by atoms with E-state index in [1.165, 1.54) is 24.0 Å². The second kappa shape index (κ2) is 8.47. The molecule has 1 aromatic carbocycles. The SMILES string of the molecule is COC(=O)[C@@H]1C[C@H](O)C[NH+]1Cn1nc(Nc2ccc(C(C)C)cc2)sc1=S. The molecular formula is C18H25N4O3S2+. The zero-order valence-corrected chi connectivity index (χ0v) is 17.3. The molecule has 0 radical (unpaired) electrons. The third-order valence-electron chi connectivity index (χ3n) is 4.77. The van der Waals surface area contributed by atoms with Crippen LogP contribution in [0, 0.1) is 3.95 Å². The summed E-state index contributed by atoms with van der Waals surface area (Å²) < 4.78 is 7.18. The molecular weight excluding hydrogens is 384 g/mol. The molecule has 0 aliphatic carbocycles. The quantitative estimate of drug-likeness (QED) is 0.498. The largest absolute Gasteiger partial charge is 0.465 e. The number of likely N-dealkylation sites (tertiary alicyclic amines) is 1. The Morgan fingerprint density at radius 1 is 1.48 bits per heavy atom. The minimum Gasteiger partial charge on any atom is -0.465 e. The predicted octanol–water partition coefficient (Wildman–Crippen LogP) is 1.69. The molecule has 3 N–H and O–H groups in total. The van der Waals surface area contributed by atoms with Crippen LogP contribution in [0.1, 0.15) is 31.7 Å². The molecule has 1 fully saturated rings. The fourth-order valence-corrected chi connectivity index (χ4v) is 4.30. The molecule has 1 saturated heterocycles. The van der Waals surface area contributed by atoms with Gasteiger partial charge in [0.2, 0.25) is 5.13 Å². The maximum atomic E-state index is 11.9. The van der Waals surface area contributed by atoms with E-state index >= 15 is 0 Å². The van der Waals surface area contributed by atoms with E-state index in [0.717, 1.165) is 10.6 Å². The van der Waals surface area contributed by atoms with Gasteiger partial charge < -0.3 is 20.1 Å². The van der Waals surface area contributed by atoms with Gasteiger partial charge in [-0.15, -0.1) is 5.10 Å². The summed E-state index contributed by atoms with van der Waals surface area (Å²) in [5.41, 5.74) is 2.23. The van der Waals surface area contributed by atoms with E-state index in [1.54, 1.807) is 4.68 Å². The van der Waals surface area contributed by atoms with Crippen LogP contribution in [0.15, 0.2) is 24.3 Å². The third kappa shape index (κ3) is 4.73. The van der Waals surface area contributed by atoms with Crippen molar-refractivity contribution in [3.8, 4) is 0 Å². The highest BCUT2D eigenvalue weighted by molar-refractivity contribution is 7.73. The molecule has 1 aliphatic rings. The fourth-order valence-electron chi connectivity index (χ4n) is 3.27. The van der Waals surface area contributed by atoms with Crippen molar-refractivity contribution >= 4 is 40.3 Å². The molecule has 3 rings (SSSR count). The minimum atomic E-state index is -0.519. The second-order valence-corrected chi connectivity index (χ2v) is 8.68. The van der Waals surface area contributed by atoms with Crippen molar-refractivity contribution in [3.05, 3.63) is 33.8 Å². The molecule has 1 aromatic heterocycles. The number of nitrogens with one attached hydrogen (secondary N) is 2. The first kappa shape index (κ1) is 19.9. The van der Waals surface area contributed by atoms with Gasteiger partial charge in [0.25, 0.3) is 0 Å². The van der Waals surface area contributed by atoms with E-state index in [0.29, 0.717) is 34.6 Å². The predicted molar refractivity (Wildman–Crippen MR) is 107 cm³/mol. The Hall–Kier alpha value is -1.81. The number of benzene rings is 1. The van der Waals surface area contributed by atoms with Crippen molar-refractivity contribution in [2.24, 2.45) is 0 Å². The van der Waals surface area contributed by atoms with Crippen molar-refractivity contribution in [1.29, 1.82) is 0 Å². The molecule has 3 atom stereocenters. The van der Waals surface area contributed by atoms with Gasteiger partial charge in [0.1, 0.15) is 12.6 Å². The Kier molecular flexibility index (Phi) is 6.25. The molecule has 0 saturated carbocycles. The Bertz CT molecular complexity index is 847. The van der Waals surface area contributed by atoms with Crippen molar-refractivity contribution in [2.45, 2.75) is 45.0 Å². The number of quaternary nitrogens is 1. The number of aromatic nitrogens is 2. The van der Waals surface area contributed by atoms with Crippen molar-refractivity contribution < 1.29 is 19.5 Å². The highest BCUT2D eigenvalue weighted by atomic mass is 32.1. The standard InChI is InChI=1S/C18H24N4O3S2/c1-11(2)12-4-6-13(7-5-12)19-17-20-22(18(26)27-17)10-21-9-14(23)8-15(21)16(24)25-3/h4-7,11,14-15,23H,8-10H2,1-3H3,(H,19,20)/p+1/t14-,15-/m0/s1. The lowest BCUT2D eigenvalue weighted by Crippen LogP contribution is -3.14. The number of methoxy groups -OCH3 is 1. The summed E-state index contributed by atoms with van der Waals surface area (Å²) in [6, 6.07) is 7.85. The van der Waals surface area contributed by atoms with E-state index in [1.807, 2.05) is 12.1 Å². The van der Waals surface area contributed by atoms with Gasteiger partial charge in [0, 0.05) is 12.1 Å². The molecule has 2 aromatic rings. The molecule has 7 nitrogen and oxygen atoms in total. The van der Waals surface area contributed by atoms with Crippen LogP contribution in [-0.2, 0) is 16.2 Å². The first-order chi connectivity index (χ1) is 12.9. The van der Waals surface area contributed by atoms with Crippen LogP contribution < -0.4 is 10.2 Å². The summed E-state index contributed by atoms with van der Waals surface area (Å²) in [5, 5.41) is 18.4. The van der Waals surface area contributed by atoms with Crippen molar-refractivity contribution in [2.75, 3.05) is 19.0 Å². The average Bonchev–Trinajstić information content (AvgIpc) is 3.17. The van der Waals surface area contributed by atoms with Gasteiger partial charge in [-0.25, -0.2) is 4.79 Å². The Morgan fingerprint density at radius 2 is 2.19 bits per heavy atom. The van der Waals surface area contributed by atoms with Crippen molar-refractivity contribution in [1.82, 2.24) is 9.78 Å². The van der Waals surface area contributed by atoms with Crippen molar-refractivity contribution in [3.63, 3.8) is 0 Å². The van der Waals surface area contributed by atoms with Gasteiger partial charge >= 0.3 is 5.97 Å². The maximum absolute atomic E-state index is 11.9. The van der Waals surface area contributed by atoms with E-state index in [9.17, 15) is 9.90 Å². The molecule has 27 heavy (non-hydrogen) atoms. The van der Waals surface area contributed by atoms with Gasteiger partial charge in [-0.1, -0.05) is 37.3 Å². The number of hydrogen-bond acceptors (Lipinski definition) is 7. The van der Waals surface area contributed by atoms with Crippen LogP contribution in [0.3, 0.4) is 0 Å². The highest BCUT2D eigenvalue weighted by Gasteiger charge is 2.41. The molecule has 1 aliphatic heterocycles. The number of ether oxygens (including phenoxy) is 1. The zero-order chi connectivity index (χ0) is 19.6. The van der Waals surface area contributed by atoms with Gasteiger partial charge in [-0.2, -0.15) is 4.68 Å². The molecule has 1 unspecified atom stereocenters. The van der Waals surface area contributed by atoms with E-state index in [2.05, 4.69) is 36.4 Å². The Morgan fingerprint density at radius 3 is 2.81 bits per heavy atom. The van der Waals surface area contributed by atoms with Crippen LogP contribution in [-0.4, -0.2) is 46.7 Å². The molecule has 2 heterocycles. The van der Waals surface area contributed by atoms with Gasteiger partial charge in [0.15, 0.2) is 16.7 Å². The topological polar surface area (TPSA) is 80.8 Å². The number of hydrogen-bond donors (Lipinski definition) is 3. The summed E-state index contributed by atoms with van der Waals surface area (Å²) in [6.45, 7) is 5.21. The van der Waals surface area contributed by atoms with E-state index in [-0.39, 0.29) is 5.97 Å². The lowest BCUT2D eigenvalue weighted by atomic mass is 10.0. The Balaban J connectivity index is 1.71. The van der Waals surface area contributed by atoms with E-state index in [4.69, 9.17) is 17.0 Å². The maximum Gasteiger partial charge on any atom is 0.364 e. The zero-order valence-electron chi connectivity index (χ0n) is 15.6. The number of carbonyl (C=O) groups excluding carboxylic acids is 1. The lowest BCUT2D eigenvalue weighted by Gasteiger charge is -2.18. The number of esters is 1. The summed E-state index contributed by atoms with van der Waals surface area (Å²) in [5.74, 6) is 0.175. The number of nitrogens with zero attached hydrogens (tertiary/aromatic N) is 2. The second-order valence-electron chi connectivity index (χ2n) is 7.06. The van der Waals surface area contributed by atoms with Crippen LogP contribution in [0.25, 0.3) is 0 Å². The average molecular weight is 410 g/mol. The normalized spacial score (nSPS) is 22.2. The number of rotatable bonds is 6. The van der Waals surface area contributed by atoms with Crippen LogP contribution in [0.5, 0.6) is 0 Å². The number of carbonyl (C=O) groups is 1. The highest BCUT2D eigenvalue weighted by Crippen LogP contribution is 2.22. The summed E-state index contributed by atoms with van der Waals surface area (Å²) in [6.07, 6.45) is -0.124. The van der Waals surface area contributed by atoms with Crippen LogP contribution in [0.2, 0.25) is 0 Å². The Labute approximate surface area is 167 Å². The van der Waals surface area contributed by atoms with Crippen LogP contribution in [0.4, 0.5) is 10.8 Å². The molecule has 9 heteroatoms. The van der Waals surface area contributed by atoms with E-state index < -0.39 is 12.1 Å².